The molecule has 0 fully saturated rings. The summed E-state index contributed by atoms with van der Waals surface area (Å²) in [4.78, 5) is 11.7. The third-order valence-electron chi connectivity index (χ3n) is 4.55. The van der Waals surface area contributed by atoms with Crippen molar-refractivity contribution in [3.05, 3.63) is 29.8 Å². The fourth-order valence-electron chi connectivity index (χ4n) is 2.86. The molecular formula is C21H38N4O3. The van der Waals surface area contributed by atoms with E-state index in [-0.39, 0.29) is 12.0 Å². The number of carbonyl (C=O) groups is 1. The topological polar surface area (TPSA) is 97.6 Å². The highest BCUT2D eigenvalue weighted by Crippen LogP contribution is 2.20. The van der Waals surface area contributed by atoms with E-state index in [9.17, 15) is 4.79 Å². The number of methoxy groups -OCH3 is 2. The number of nitrogens with two attached hydrogens (primary N) is 1. The largest absolute Gasteiger partial charge is 0.497 e. The van der Waals surface area contributed by atoms with Gasteiger partial charge in [0.1, 0.15) is 5.75 Å². The van der Waals surface area contributed by atoms with Gasteiger partial charge in [0.25, 0.3) is 0 Å². The van der Waals surface area contributed by atoms with Crippen LogP contribution < -0.4 is 26.4 Å². The van der Waals surface area contributed by atoms with Crippen LogP contribution >= 0.6 is 0 Å². The Morgan fingerprint density at radius 2 is 1.54 bits per heavy atom. The summed E-state index contributed by atoms with van der Waals surface area (Å²) >= 11 is 0. The van der Waals surface area contributed by atoms with Gasteiger partial charge in [-0.05, 0) is 82.6 Å². The Hall–Kier alpha value is -1.67. The smallest absolute Gasteiger partial charge is 0.307 e. The van der Waals surface area contributed by atoms with Crippen LogP contribution in [0.2, 0.25) is 0 Å². The molecule has 0 aliphatic heterocycles. The first-order chi connectivity index (χ1) is 13.7. The van der Waals surface area contributed by atoms with Gasteiger partial charge in [-0.25, -0.2) is 0 Å². The monoisotopic (exact) mass is 394 g/mol. The number of rotatable bonds is 17. The molecule has 160 valence electrons. The van der Waals surface area contributed by atoms with E-state index >= 15 is 0 Å². The molecular weight excluding hydrogens is 356 g/mol. The van der Waals surface area contributed by atoms with Crippen LogP contribution in [0.1, 0.15) is 43.7 Å². The van der Waals surface area contributed by atoms with Crippen molar-refractivity contribution in [3.63, 3.8) is 0 Å². The highest BCUT2D eigenvalue weighted by atomic mass is 16.5. The summed E-state index contributed by atoms with van der Waals surface area (Å²) in [7, 11) is 3.07. The van der Waals surface area contributed by atoms with Gasteiger partial charge in [0.15, 0.2) is 0 Å². The molecule has 1 aromatic rings. The Morgan fingerprint density at radius 3 is 2.11 bits per heavy atom. The van der Waals surface area contributed by atoms with Gasteiger partial charge in [-0.2, -0.15) is 0 Å². The van der Waals surface area contributed by atoms with Crippen molar-refractivity contribution in [3.8, 4) is 5.75 Å². The zero-order valence-corrected chi connectivity index (χ0v) is 17.5. The molecule has 0 bridgehead atoms. The minimum Gasteiger partial charge on any atom is -0.497 e. The summed E-state index contributed by atoms with van der Waals surface area (Å²) in [5, 5.41) is 10.3. The third kappa shape index (κ3) is 11.2. The average molecular weight is 395 g/mol. The van der Waals surface area contributed by atoms with Crippen LogP contribution in [0.4, 0.5) is 0 Å². The highest BCUT2D eigenvalue weighted by Gasteiger charge is 2.16. The predicted octanol–water partition coefficient (Wildman–Crippen LogP) is 1.59. The van der Waals surface area contributed by atoms with E-state index in [1.54, 1.807) is 7.11 Å². The maximum absolute atomic E-state index is 11.7. The molecule has 1 atom stereocenters. The summed E-state index contributed by atoms with van der Waals surface area (Å²) < 4.78 is 10.0. The van der Waals surface area contributed by atoms with Gasteiger partial charge in [-0.1, -0.05) is 12.1 Å². The second kappa shape index (κ2) is 16.3. The van der Waals surface area contributed by atoms with Crippen LogP contribution in [-0.2, 0) is 9.53 Å². The zero-order valence-electron chi connectivity index (χ0n) is 17.5. The molecule has 0 aromatic heterocycles. The van der Waals surface area contributed by atoms with E-state index in [1.807, 2.05) is 24.3 Å². The van der Waals surface area contributed by atoms with Crippen LogP contribution in [0.15, 0.2) is 24.3 Å². The normalized spacial score (nSPS) is 12.0. The summed E-state index contributed by atoms with van der Waals surface area (Å²) in [5.41, 5.74) is 6.52. The van der Waals surface area contributed by atoms with Crippen LogP contribution in [0.3, 0.4) is 0 Å². The number of carbonyl (C=O) groups excluding carboxylic acids is 1. The first-order valence-corrected chi connectivity index (χ1v) is 10.3. The lowest BCUT2D eigenvalue weighted by molar-refractivity contribution is -0.141. The molecule has 5 N–H and O–H groups in total. The second-order valence-corrected chi connectivity index (χ2v) is 6.76. The number of esters is 1. The Kier molecular flexibility index (Phi) is 14.2. The molecule has 0 saturated heterocycles. The van der Waals surface area contributed by atoms with Gasteiger partial charge in [0, 0.05) is 6.04 Å². The van der Waals surface area contributed by atoms with Gasteiger partial charge in [0.05, 0.1) is 20.6 Å². The lowest BCUT2D eigenvalue weighted by Gasteiger charge is -2.18. The average Bonchev–Trinajstić information content (AvgIpc) is 2.73. The van der Waals surface area contributed by atoms with E-state index < -0.39 is 0 Å². The first kappa shape index (κ1) is 24.4. The number of unbranched alkanes of at least 4 members (excludes halogenated alkanes) is 1. The molecule has 0 radical (unpaired) electrons. The molecule has 1 rings (SSSR count). The number of hydrogen-bond acceptors (Lipinski definition) is 7. The van der Waals surface area contributed by atoms with Crippen LogP contribution in [0, 0.1) is 0 Å². The number of benzene rings is 1. The van der Waals surface area contributed by atoms with E-state index in [2.05, 4.69) is 16.0 Å². The third-order valence-corrected chi connectivity index (χ3v) is 4.55. The molecule has 0 amide bonds. The minimum absolute atomic E-state index is 0.0575. The second-order valence-electron chi connectivity index (χ2n) is 6.76. The van der Waals surface area contributed by atoms with Crippen LogP contribution in [0.5, 0.6) is 5.75 Å². The van der Waals surface area contributed by atoms with Crippen molar-refractivity contribution in [2.24, 2.45) is 5.73 Å². The predicted molar refractivity (Wildman–Crippen MR) is 114 cm³/mol. The molecule has 0 aliphatic rings. The van der Waals surface area contributed by atoms with Crippen molar-refractivity contribution >= 4 is 5.97 Å². The van der Waals surface area contributed by atoms with Gasteiger partial charge in [-0.3, -0.25) is 4.79 Å². The lowest BCUT2D eigenvalue weighted by atomic mass is 10.0. The number of ether oxygens (including phenoxy) is 2. The Morgan fingerprint density at radius 1 is 0.929 bits per heavy atom. The standard InChI is InChI=1S/C21H38N4O3/c1-27-19-9-7-18(8-10-19)20(17-21(26)28-2)25-16-6-15-24-13-4-3-12-23-14-5-11-22/h7-10,20,23-25H,3-6,11-17,22H2,1-2H3. The number of hydrogen-bond donors (Lipinski definition) is 4. The molecule has 7 nitrogen and oxygen atoms in total. The van der Waals surface area contributed by atoms with Crippen molar-refractivity contribution < 1.29 is 14.3 Å². The van der Waals surface area contributed by atoms with E-state index in [4.69, 9.17) is 15.2 Å². The van der Waals surface area contributed by atoms with Crippen molar-refractivity contribution in [1.82, 2.24) is 16.0 Å². The van der Waals surface area contributed by atoms with E-state index in [0.717, 1.165) is 63.4 Å². The Balaban J connectivity index is 2.19. The summed E-state index contributed by atoms with van der Waals surface area (Å²) in [6, 6.07) is 7.73. The molecule has 0 spiro atoms. The number of nitrogens with one attached hydrogen (secondary N) is 3. The molecule has 0 aliphatic carbocycles. The van der Waals surface area contributed by atoms with Crippen LogP contribution in [0.25, 0.3) is 0 Å². The fourth-order valence-corrected chi connectivity index (χ4v) is 2.86. The molecule has 1 aromatic carbocycles. The SMILES string of the molecule is COC(=O)CC(NCCCNCCCCNCCCN)c1ccc(OC)cc1. The summed E-state index contributed by atoms with van der Waals surface area (Å²) in [6.07, 6.45) is 4.70. The first-order valence-electron chi connectivity index (χ1n) is 10.3. The lowest BCUT2D eigenvalue weighted by Crippen LogP contribution is -2.28. The highest BCUT2D eigenvalue weighted by molar-refractivity contribution is 5.70. The van der Waals surface area contributed by atoms with Crippen molar-refractivity contribution in [2.45, 2.75) is 38.1 Å². The maximum Gasteiger partial charge on any atom is 0.307 e. The molecule has 0 heterocycles. The van der Waals surface area contributed by atoms with Crippen LogP contribution in [-0.4, -0.2) is 59.5 Å². The zero-order chi connectivity index (χ0) is 20.5. The van der Waals surface area contributed by atoms with E-state index in [0.29, 0.717) is 6.42 Å². The summed E-state index contributed by atoms with van der Waals surface area (Å²) in [5.74, 6) is 0.589. The quantitative estimate of drug-likeness (QED) is 0.235. The fraction of sp³-hybridized carbons (Fsp3) is 0.667. The van der Waals surface area contributed by atoms with Crippen molar-refractivity contribution in [1.29, 1.82) is 0 Å². The van der Waals surface area contributed by atoms with Gasteiger partial charge < -0.3 is 31.2 Å². The van der Waals surface area contributed by atoms with Gasteiger partial charge in [-0.15, -0.1) is 0 Å². The molecule has 7 heteroatoms. The Bertz CT molecular complexity index is 511. The maximum atomic E-state index is 11.7. The summed E-state index contributed by atoms with van der Waals surface area (Å²) in [6.45, 7) is 5.64. The Labute approximate surface area is 169 Å². The molecule has 0 saturated carbocycles. The van der Waals surface area contributed by atoms with Crippen molar-refractivity contribution in [2.75, 3.05) is 53.5 Å². The minimum atomic E-state index is -0.216. The molecule has 28 heavy (non-hydrogen) atoms. The van der Waals surface area contributed by atoms with E-state index in [1.165, 1.54) is 20.0 Å². The molecule has 1 unspecified atom stereocenters. The van der Waals surface area contributed by atoms with Gasteiger partial charge in [0.2, 0.25) is 0 Å². The van der Waals surface area contributed by atoms with Gasteiger partial charge >= 0.3 is 5.97 Å².